The number of ether oxygens (including phenoxy) is 2. The Balaban J connectivity index is 1.41. The number of carbonyl (C=O) groups excluding carboxylic acids is 1. The van der Waals surface area contributed by atoms with Crippen LogP contribution in [0.1, 0.15) is 123 Å². The van der Waals surface area contributed by atoms with Crippen LogP contribution in [0.15, 0.2) is 36.9 Å². The van der Waals surface area contributed by atoms with Crippen LogP contribution >= 0.6 is 0 Å². The zero-order valence-electron chi connectivity index (χ0n) is 28.0. The van der Waals surface area contributed by atoms with Crippen molar-refractivity contribution >= 4 is 22.8 Å². The number of nitrogens with zero attached hydrogens (tertiary/aromatic N) is 1. The number of fused-ring (bicyclic) bond motifs is 1. The Kier molecular flexibility index (Phi) is 10.6. The second-order valence-corrected chi connectivity index (χ2v) is 14.8. The maximum Gasteiger partial charge on any atom is 0.352 e. The first-order chi connectivity index (χ1) is 20.2. The van der Waals surface area contributed by atoms with E-state index in [4.69, 9.17) is 19.9 Å². The van der Waals surface area contributed by atoms with Crippen LogP contribution in [-0.4, -0.2) is 35.0 Å². The maximum atomic E-state index is 12.7. The molecule has 1 aliphatic heterocycles. The normalized spacial score (nSPS) is 27.7. The van der Waals surface area contributed by atoms with E-state index < -0.39 is 11.6 Å². The molecule has 236 valence electrons. The van der Waals surface area contributed by atoms with Gasteiger partial charge in [0.25, 0.3) is 0 Å². The van der Waals surface area contributed by atoms with Gasteiger partial charge in [-0.15, -0.1) is 0 Å². The number of nitrogens with one attached hydrogen (secondary N) is 1. The Hall–Kier alpha value is -2.53. The largest absolute Gasteiger partial charge is 0.456 e. The Labute approximate surface area is 261 Å². The summed E-state index contributed by atoms with van der Waals surface area (Å²) in [4.78, 5) is 17.7. The van der Waals surface area contributed by atoms with Crippen LogP contribution in [0.4, 0.5) is 0 Å². The highest BCUT2D eigenvalue weighted by Gasteiger charge is 2.60. The predicted octanol–water partition coefficient (Wildman–Crippen LogP) is 9.54. The number of esters is 1. The van der Waals surface area contributed by atoms with Gasteiger partial charge in [-0.1, -0.05) is 45.6 Å². The molecule has 0 amide bonds. The van der Waals surface area contributed by atoms with Crippen molar-refractivity contribution in [1.82, 2.24) is 4.98 Å². The molecule has 1 N–H and O–H groups in total. The molecule has 2 heterocycles. The summed E-state index contributed by atoms with van der Waals surface area (Å²) in [7, 11) is 0. The highest BCUT2D eigenvalue weighted by atomic mass is 16.6. The molecular weight excluding hydrogens is 532 g/mol. The first kappa shape index (κ1) is 33.4. The van der Waals surface area contributed by atoms with Gasteiger partial charge in [0.1, 0.15) is 11.3 Å². The number of hydrogen-bond donors (Lipinski definition) is 1. The minimum atomic E-state index is -0.579. The maximum absolute atomic E-state index is 12.7. The van der Waals surface area contributed by atoms with Crippen molar-refractivity contribution in [3.8, 4) is 0 Å². The van der Waals surface area contributed by atoms with Crippen molar-refractivity contribution in [2.75, 3.05) is 6.61 Å². The number of carbonyl (C=O) groups is 1. The monoisotopic (exact) mass is 588 g/mol. The molecule has 1 aromatic rings. The number of hydrogen-bond acceptors (Lipinski definition) is 5. The zero-order chi connectivity index (χ0) is 31.5. The lowest BCUT2D eigenvalue weighted by Gasteiger charge is -2.38. The van der Waals surface area contributed by atoms with Crippen molar-refractivity contribution in [2.24, 2.45) is 29.1 Å². The lowest BCUT2D eigenvalue weighted by atomic mass is 9.66. The summed E-state index contributed by atoms with van der Waals surface area (Å²) in [5.74, 6) is 1.59. The van der Waals surface area contributed by atoms with Gasteiger partial charge in [0.15, 0.2) is 0 Å². The average molecular weight is 589 g/mol. The van der Waals surface area contributed by atoms with Crippen LogP contribution in [0, 0.1) is 41.4 Å². The molecule has 0 bridgehead atoms. The topological polar surface area (TPSA) is 72.3 Å². The summed E-state index contributed by atoms with van der Waals surface area (Å²) in [5, 5.41) is 8.59. The highest BCUT2D eigenvalue weighted by Crippen LogP contribution is 2.67. The molecule has 3 aliphatic rings. The fourth-order valence-corrected chi connectivity index (χ4v) is 7.92. The predicted molar refractivity (Wildman–Crippen MR) is 178 cm³/mol. The van der Waals surface area contributed by atoms with E-state index in [0.29, 0.717) is 24.2 Å². The average Bonchev–Trinajstić information content (AvgIpc) is 3.65. The van der Waals surface area contributed by atoms with Gasteiger partial charge in [0.2, 0.25) is 0 Å². The Morgan fingerprint density at radius 2 is 2.00 bits per heavy atom. The van der Waals surface area contributed by atoms with Crippen molar-refractivity contribution in [3.05, 3.63) is 53.9 Å². The van der Waals surface area contributed by atoms with Crippen molar-refractivity contribution in [2.45, 2.75) is 124 Å². The number of allylic oxidation sites excluding steroid dienone is 3. The summed E-state index contributed by atoms with van der Waals surface area (Å²) in [6, 6.07) is 4.30. The third-order valence-electron chi connectivity index (χ3n) is 10.3. The van der Waals surface area contributed by atoms with E-state index in [1.807, 2.05) is 20.8 Å². The SMILES string of the molecule is C=C(CCC1(CCC)CC2CC2C1CC(=N)C(=O)OC(C)(C)C)c1ccc(/C(C)=C/C(=C)C(C)C2CCCCO2)c(C)n1. The van der Waals surface area contributed by atoms with Crippen molar-refractivity contribution < 1.29 is 14.3 Å². The minimum Gasteiger partial charge on any atom is -0.456 e. The third-order valence-corrected chi connectivity index (χ3v) is 10.3. The van der Waals surface area contributed by atoms with Crippen LogP contribution in [-0.2, 0) is 14.3 Å². The van der Waals surface area contributed by atoms with Gasteiger partial charge in [-0.2, -0.15) is 0 Å². The summed E-state index contributed by atoms with van der Waals surface area (Å²) in [6.45, 7) is 24.0. The van der Waals surface area contributed by atoms with Gasteiger partial charge in [-0.25, -0.2) is 4.79 Å². The summed E-state index contributed by atoms with van der Waals surface area (Å²) in [6.07, 6.45) is 13.1. The van der Waals surface area contributed by atoms with E-state index in [2.05, 4.69) is 59.1 Å². The number of aryl methyl sites for hydroxylation is 1. The lowest BCUT2D eigenvalue weighted by molar-refractivity contribution is -0.146. The van der Waals surface area contributed by atoms with Gasteiger partial charge in [-0.05, 0) is 144 Å². The van der Waals surface area contributed by atoms with Crippen molar-refractivity contribution in [3.63, 3.8) is 0 Å². The molecule has 5 heteroatoms. The van der Waals surface area contributed by atoms with E-state index in [-0.39, 0.29) is 17.2 Å². The minimum absolute atomic E-state index is 0.131. The van der Waals surface area contributed by atoms with Crippen LogP contribution in [0.5, 0.6) is 0 Å². The molecule has 3 fully saturated rings. The molecule has 1 saturated heterocycles. The van der Waals surface area contributed by atoms with Gasteiger partial charge in [0.05, 0.1) is 11.8 Å². The molecule has 4 rings (SSSR count). The van der Waals surface area contributed by atoms with Gasteiger partial charge in [-0.3, -0.25) is 10.4 Å². The van der Waals surface area contributed by atoms with E-state index in [1.165, 1.54) is 24.8 Å². The van der Waals surface area contributed by atoms with Crippen LogP contribution in [0.2, 0.25) is 0 Å². The molecule has 43 heavy (non-hydrogen) atoms. The second-order valence-electron chi connectivity index (χ2n) is 14.8. The smallest absolute Gasteiger partial charge is 0.352 e. The van der Waals surface area contributed by atoms with Gasteiger partial charge < -0.3 is 9.47 Å². The van der Waals surface area contributed by atoms with Crippen LogP contribution in [0.3, 0.4) is 0 Å². The number of pyridine rings is 1. The van der Waals surface area contributed by atoms with E-state index in [9.17, 15) is 4.79 Å². The fraction of sp³-hybridized carbons (Fsp3) is 0.658. The molecule has 6 unspecified atom stereocenters. The second kappa shape index (κ2) is 13.6. The summed E-state index contributed by atoms with van der Waals surface area (Å²) < 4.78 is 11.6. The number of rotatable bonds is 13. The number of aromatic nitrogens is 1. The van der Waals surface area contributed by atoms with E-state index in [1.54, 1.807) is 0 Å². The third kappa shape index (κ3) is 8.15. The van der Waals surface area contributed by atoms with E-state index >= 15 is 0 Å². The molecule has 0 aromatic carbocycles. The highest BCUT2D eigenvalue weighted by molar-refractivity contribution is 6.35. The Morgan fingerprint density at radius 1 is 1.26 bits per heavy atom. The molecule has 5 nitrogen and oxygen atoms in total. The van der Waals surface area contributed by atoms with Crippen LogP contribution in [0.25, 0.3) is 11.1 Å². The molecule has 6 atom stereocenters. The Morgan fingerprint density at radius 3 is 2.63 bits per heavy atom. The molecule has 2 saturated carbocycles. The zero-order valence-corrected chi connectivity index (χ0v) is 28.0. The molecule has 0 spiro atoms. The first-order valence-electron chi connectivity index (χ1n) is 16.7. The van der Waals surface area contributed by atoms with Gasteiger partial charge in [0, 0.05) is 18.2 Å². The van der Waals surface area contributed by atoms with E-state index in [0.717, 1.165) is 79.1 Å². The molecule has 1 aromatic heterocycles. The van der Waals surface area contributed by atoms with Crippen LogP contribution < -0.4 is 0 Å². The fourth-order valence-electron chi connectivity index (χ4n) is 7.92. The standard InChI is InChI=1S/C38H56N2O3/c1-10-17-38(23-29-21-31(29)32(38)22-33(39)36(41)43-37(7,8)9)18-16-24(2)34-15-14-30(28(6)40-34)26(4)20-25(3)27(5)35-13-11-12-19-42-35/h14-15,20,27,29,31-32,35,39H,2-3,10-13,16-19,21-23H2,1,4-9H3/b26-20+,39-33?. The first-order valence-corrected chi connectivity index (χ1v) is 16.7. The molecule has 2 aliphatic carbocycles. The summed E-state index contributed by atoms with van der Waals surface area (Å²) in [5.41, 5.74) is 6.18. The molecule has 0 radical (unpaired) electrons. The lowest BCUT2D eigenvalue weighted by Crippen LogP contribution is -2.34. The van der Waals surface area contributed by atoms with Crippen molar-refractivity contribution in [1.29, 1.82) is 5.41 Å². The Bertz CT molecular complexity index is 1250. The van der Waals surface area contributed by atoms with Gasteiger partial charge >= 0.3 is 5.97 Å². The quantitative estimate of drug-likeness (QED) is 0.141. The summed E-state index contributed by atoms with van der Waals surface area (Å²) >= 11 is 0. The molecular formula is C38H56N2O3.